The predicted octanol–water partition coefficient (Wildman–Crippen LogP) is 5.51. The van der Waals surface area contributed by atoms with Gasteiger partial charge in [0.15, 0.2) is 11.5 Å². The third-order valence-corrected chi connectivity index (χ3v) is 6.33. The number of benzene rings is 2. The van der Waals surface area contributed by atoms with Crippen molar-refractivity contribution in [2.75, 3.05) is 32.6 Å². The zero-order valence-corrected chi connectivity index (χ0v) is 22.3. The second-order valence-corrected chi connectivity index (χ2v) is 8.95. The topological polar surface area (TPSA) is 84.2 Å². The van der Waals surface area contributed by atoms with Gasteiger partial charge in [-0.1, -0.05) is 31.2 Å². The van der Waals surface area contributed by atoms with Crippen LogP contribution in [-0.4, -0.2) is 55.1 Å². The molecule has 8 heteroatoms. The van der Waals surface area contributed by atoms with E-state index >= 15 is 0 Å². The summed E-state index contributed by atoms with van der Waals surface area (Å²) in [5, 5.41) is 2.91. The predicted molar refractivity (Wildman–Crippen MR) is 144 cm³/mol. The molecule has 3 amide bonds. The Hall–Kier alpha value is -3.94. The molecule has 8 nitrogen and oxygen atoms in total. The van der Waals surface area contributed by atoms with E-state index in [-0.39, 0.29) is 24.5 Å². The number of carbonyl (C=O) groups is 2. The Kier molecular flexibility index (Phi) is 10.0. The monoisotopic (exact) mass is 507 g/mol. The minimum Gasteiger partial charge on any atom is -0.493 e. The number of rotatable bonds is 12. The highest BCUT2D eigenvalue weighted by Gasteiger charge is 2.25. The molecule has 0 radical (unpaired) electrons. The molecule has 1 aromatic heterocycles. The maximum Gasteiger partial charge on any atom is 0.322 e. The van der Waals surface area contributed by atoms with Gasteiger partial charge in [0, 0.05) is 18.3 Å². The van der Waals surface area contributed by atoms with Crippen molar-refractivity contribution in [3.8, 4) is 11.5 Å². The largest absolute Gasteiger partial charge is 0.493 e. The fourth-order valence-electron chi connectivity index (χ4n) is 3.96. The number of ether oxygens (including phenoxy) is 2. The number of furan rings is 1. The molecule has 1 N–H and O–H groups in total. The summed E-state index contributed by atoms with van der Waals surface area (Å²) < 4.78 is 16.5. The maximum absolute atomic E-state index is 13.6. The Balaban J connectivity index is 1.77. The van der Waals surface area contributed by atoms with Crippen LogP contribution >= 0.6 is 0 Å². The van der Waals surface area contributed by atoms with Gasteiger partial charge in [0.2, 0.25) is 5.91 Å². The highest BCUT2D eigenvalue weighted by molar-refractivity contribution is 5.92. The Morgan fingerprint density at radius 1 is 1.00 bits per heavy atom. The number of anilines is 1. The molecule has 198 valence electrons. The lowest BCUT2D eigenvalue weighted by molar-refractivity contribution is -0.133. The number of hydrogen-bond donors (Lipinski definition) is 1. The molecular weight excluding hydrogens is 470 g/mol. The Morgan fingerprint density at radius 3 is 2.35 bits per heavy atom. The lowest BCUT2D eigenvalue weighted by Gasteiger charge is -2.31. The summed E-state index contributed by atoms with van der Waals surface area (Å²) in [6.45, 7) is 6.54. The quantitative estimate of drug-likeness (QED) is 0.350. The zero-order chi connectivity index (χ0) is 26.8. The van der Waals surface area contributed by atoms with Gasteiger partial charge in [0.1, 0.15) is 18.1 Å². The van der Waals surface area contributed by atoms with Crippen LogP contribution < -0.4 is 14.8 Å². The smallest absolute Gasteiger partial charge is 0.322 e. The van der Waals surface area contributed by atoms with Crippen LogP contribution in [0, 0.1) is 6.92 Å². The normalized spacial score (nSPS) is 11.5. The number of amides is 3. The first-order valence-electron chi connectivity index (χ1n) is 12.5. The fourth-order valence-corrected chi connectivity index (χ4v) is 3.96. The van der Waals surface area contributed by atoms with Crippen LogP contribution in [0.5, 0.6) is 11.5 Å². The lowest BCUT2D eigenvalue weighted by Crippen LogP contribution is -2.48. The van der Waals surface area contributed by atoms with Crippen molar-refractivity contribution in [1.29, 1.82) is 0 Å². The van der Waals surface area contributed by atoms with Crippen molar-refractivity contribution in [2.24, 2.45) is 0 Å². The second-order valence-electron chi connectivity index (χ2n) is 8.95. The molecule has 0 aliphatic rings. The van der Waals surface area contributed by atoms with E-state index in [9.17, 15) is 9.59 Å². The Bertz CT molecular complexity index is 1160. The van der Waals surface area contributed by atoms with Crippen LogP contribution in [0.15, 0.2) is 65.1 Å². The van der Waals surface area contributed by atoms with E-state index in [1.54, 1.807) is 24.0 Å². The molecule has 0 saturated heterocycles. The summed E-state index contributed by atoms with van der Waals surface area (Å²) in [5.74, 6) is 2.62. The van der Waals surface area contributed by atoms with E-state index < -0.39 is 0 Å². The van der Waals surface area contributed by atoms with Crippen molar-refractivity contribution in [2.45, 2.75) is 46.2 Å². The van der Waals surface area contributed by atoms with E-state index in [1.807, 2.05) is 81.4 Å². The average molecular weight is 508 g/mol. The van der Waals surface area contributed by atoms with Crippen LogP contribution in [0.1, 0.15) is 37.4 Å². The molecular formula is C29H37N3O5. The molecule has 37 heavy (non-hydrogen) atoms. The molecule has 2 aromatic carbocycles. The van der Waals surface area contributed by atoms with Gasteiger partial charge >= 0.3 is 6.03 Å². The molecule has 0 aliphatic carbocycles. The third kappa shape index (κ3) is 7.77. The molecule has 0 bridgehead atoms. The van der Waals surface area contributed by atoms with E-state index in [0.29, 0.717) is 42.5 Å². The molecule has 0 saturated carbocycles. The Morgan fingerprint density at radius 2 is 1.73 bits per heavy atom. The van der Waals surface area contributed by atoms with E-state index in [4.69, 9.17) is 13.9 Å². The fraction of sp³-hybridized carbons (Fsp3) is 0.379. The summed E-state index contributed by atoms with van der Waals surface area (Å²) in [7, 11) is 3.20. The second kappa shape index (κ2) is 13.4. The van der Waals surface area contributed by atoms with E-state index in [1.165, 1.54) is 0 Å². The summed E-state index contributed by atoms with van der Waals surface area (Å²) in [5.41, 5.74) is 1.69. The van der Waals surface area contributed by atoms with Crippen molar-refractivity contribution in [3.63, 3.8) is 0 Å². The summed E-state index contributed by atoms with van der Waals surface area (Å²) in [6, 6.07) is 18.3. The summed E-state index contributed by atoms with van der Waals surface area (Å²) in [4.78, 5) is 30.1. The minimum atomic E-state index is -0.303. The SMILES string of the molecule is CCC(C)N(CC(=O)N(CCc1ccc(OC)c(OC)c1)Cc1ccc(C)o1)C(=O)Nc1ccccc1. The number of nitrogens with zero attached hydrogens (tertiary/aromatic N) is 2. The van der Waals surface area contributed by atoms with Crippen molar-refractivity contribution >= 4 is 17.6 Å². The standard InChI is InChI=1S/C29H37N3O5/c1-6-21(2)32(29(34)30-24-10-8-7-9-11-24)20-28(33)31(19-25-14-12-22(3)37-25)17-16-23-13-15-26(35-4)27(18-23)36-5/h7-15,18,21H,6,16-17,19-20H2,1-5H3,(H,30,34). The van der Waals surface area contributed by atoms with Gasteiger partial charge in [-0.2, -0.15) is 0 Å². The number of methoxy groups -OCH3 is 2. The van der Waals surface area contributed by atoms with Gasteiger partial charge in [-0.3, -0.25) is 4.79 Å². The first-order valence-corrected chi connectivity index (χ1v) is 12.5. The first-order chi connectivity index (χ1) is 17.8. The van der Waals surface area contributed by atoms with Gasteiger partial charge in [-0.05, 0) is 68.7 Å². The third-order valence-electron chi connectivity index (χ3n) is 6.33. The van der Waals surface area contributed by atoms with Crippen LogP contribution in [0.3, 0.4) is 0 Å². The number of urea groups is 1. The van der Waals surface area contributed by atoms with Gasteiger partial charge in [-0.25, -0.2) is 4.79 Å². The molecule has 1 atom stereocenters. The molecule has 3 rings (SSSR count). The zero-order valence-electron chi connectivity index (χ0n) is 22.3. The van der Waals surface area contributed by atoms with Gasteiger partial charge in [0.05, 0.1) is 20.8 Å². The summed E-state index contributed by atoms with van der Waals surface area (Å²) in [6.07, 6.45) is 1.32. The Labute approximate surface area is 219 Å². The summed E-state index contributed by atoms with van der Waals surface area (Å²) >= 11 is 0. The lowest BCUT2D eigenvalue weighted by atomic mass is 10.1. The van der Waals surface area contributed by atoms with Crippen LogP contribution in [0.25, 0.3) is 0 Å². The van der Waals surface area contributed by atoms with Crippen LogP contribution in [0.2, 0.25) is 0 Å². The van der Waals surface area contributed by atoms with Crippen molar-refractivity contribution < 1.29 is 23.5 Å². The molecule has 3 aromatic rings. The maximum atomic E-state index is 13.6. The molecule has 0 aliphatic heterocycles. The van der Waals surface area contributed by atoms with Crippen molar-refractivity contribution in [1.82, 2.24) is 9.80 Å². The van der Waals surface area contributed by atoms with Gasteiger partial charge in [-0.15, -0.1) is 0 Å². The van der Waals surface area contributed by atoms with E-state index in [0.717, 1.165) is 17.7 Å². The van der Waals surface area contributed by atoms with Crippen LogP contribution in [0.4, 0.5) is 10.5 Å². The van der Waals surface area contributed by atoms with E-state index in [2.05, 4.69) is 5.32 Å². The highest BCUT2D eigenvalue weighted by Crippen LogP contribution is 2.28. The molecule has 0 spiro atoms. The van der Waals surface area contributed by atoms with Gasteiger partial charge < -0.3 is 29.0 Å². The number of aryl methyl sites for hydroxylation is 1. The van der Waals surface area contributed by atoms with Crippen LogP contribution in [-0.2, 0) is 17.8 Å². The molecule has 1 unspecified atom stereocenters. The number of nitrogens with one attached hydrogen (secondary N) is 1. The number of carbonyl (C=O) groups excluding carboxylic acids is 2. The van der Waals surface area contributed by atoms with Gasteiger partial charge in [0.25, 0.3) is 0 Å². The number of para-hydroxylation sites is 1. The first kappa shape index (κ1) is 27.6. The highest BCUT2D eigenvalue weighted by atomic mass is 16.5. The average Bonchev–Trinajstić information content (AvgIpc) is 3.33. The molecule has 1 heterocycles. The molecule has 0 fully saturated rings. The number of hydrogen-bond acceptors (Lipinski definition) is 5. The van der Waals surface area contributed by atoms with Crippen molar-refractivity contribution in [3.05, 3.63) is 77.7 Å². The minimum absolute atomic E-state index is 0.0424.